The van der Waals surface area contributed by atoms with E-state index in [1.165, 1.54) is 0 Å². The number of esters is 1. The molecule has 4 rings (SSSR count). The predicted molar refractivity (Wildman–Crippen MR) is 148 cm³/mol. The Labute approximate surface area is 227 Å². The van der Waals surface area contributed by atoms with Crippen LogP contribution in [0.25, 0.3) is 0 Å². The van der Waals surface area contributed by atoms with E-state index in [1.54, 1.807) is 48.1 Å². The van der Waals surface area contributed by atoms with Crippen molar-refractivity contribution in [2.75, 3.05) is 19.0 Å². The predicted octanol–water partition coefficient (Wildman–Crippen LogP) is 4.40. The van der Waals surface area contributed by atoms with E-state index in [0.29, 0.717) is 29.5 Å². The normalized spacial score (nSPS) is 14.9. The van der Waals surface area contributed by atoms with E-state index in [9.17, 15) is 14.4 Å². The zero-order valence-electron chi connectivity index (χ0n) is 21.3. The zero-order valence-corrected chi connectivity index (χ0v) is 22.1. The first-order valence-corrected chi connectivity index (χ1v) is 12.7. The number of thiocarbonyl (C=S) groups is 1. The second kappa shape index (κ2) is 12.3. The van der Waals surface area contributed by atoms with Gasteiger partial charge in [0.25, 0.3) is 5.91 Å². The van der Waals surface area contributed by atoms with Crippen LogP contribution in [0.15, 0.2) is 78.9 Å². The quantitative estimate of drug-likeness (QED) is 0.307. The molecule has 0 saturated carbocycles. The van der Waals surface area contributed by atoms with Crippen LogP contribution in [0.2, 0.25) is 0 Å². The van der Waals surface area contributed by atoms with Crippen LogP contribution < -0.4 is 10.1 Å². The molecule has 2 amide bonds. The molecule has 196 valence electrons. The van der Waals surface area contributed by atoms with E-state index in [0.717, 1.165) is 16.9 Å². The number of nitrogens with one attached hydrogen (secondary N) is 1. The van der Waals surface area contributed by atoms with E-state index < -0.39 is 12.0 Å². The lowest BCUT2D eigenvalue weighted by molar-refractivity contribution is -0.131. The summed E-state index contributed by atoms with van der Waals surface area (Å²) >= 11 is 5.74. The third-order valence-corrected chi connectivity index (χ3v) is 6.61. The van der Waals surface area contributed by atoms with Gasteiger partial charge in [0, 0.05) is 12.2 Å². The number of benzene rings is 3. The van der Waals surface area contributed by atoms with Crippen LogP contribution in [-0.4, -0.2) is 52.5 Å². The Kier molecular flexibility index (Phi) is 8.70. The molecule has 1 atom stereocenters. The van der Waals surface area contributed by atoms with Gasteiger partial charge >= 0.3 is 5.97 Å². The first-order chi connectivity index (χ1) is 18.4. The van der Waals surface area contributed by atoms with Gasteiger partial charge in [0.2, 0.25) is 5.91 Å². The fraction of sp³-hybridized carbons (Fsp3) is 0.241. The van der Waals surface area contributed by atoms with Gasteiger partial charge in [-0.1, -0.05) is 42.5 Å². The number of carbonyl (C=O) groups excluding carboxylic acids is 3. The fourth-order valence-corrected chi connectivity index (χ4v) is 4.55. The second-order valence-corrected chi connectivity index (χ2v) is 9.10. The molecule has 3 aromatic carbocycles. The second-order valence-electron chi connectivity index (χ2n) is 8.73. The molecule has 0 radical (unpaired) electrons. The number of methoxy groups -OCH3 is 1. The maximum absolute atomic E-state index is 13.5. The Balaban J connectivity index is 1.50. The van der Waals surface area contributed by atoms with Crippen molar-refractivity contribution in [3.8, 4) is 5.75 Å². The van der Waals surface area contributed by atoms with E-state index >= 15 is 0 Å². The molecule has 1 unspecified atom stereocenters. The molecular formula is C29H29N3O5S. The van der Waals surface area contributed by atoms with Gasteiger partial charge in [-0.25, -0.2) is 4.79 Å². The third kappa shape index (κ3) is 6.36. The Bertz CT molecular complexity index is 1300. The molecule has 0 aromatic heterocycles. The Morgan fingerprint density at radius 2 is 1.58 bits per heavy atom. The molecule has 1 fully saturated rings. The summed E-state index contributed by atoms with van der Waals surface area (Å²) in [7, 11) is 1.60. The van der Waals surface area contributed by atoms with Crippen LogP contribution in [0.3, 0.4) is 0 Å². The molecule has 38 heavy (non-hydrogen) atoms. The van der Waals surface area contributed by atoms with E-state index in [1.807, 2.05) is 54.6 Å². The molecule has 0 spiro atoms. The number of nitrogens with zero attached hydrogens (tertiary/aromatic N) is 2. The first kappa shape index (κ1) is 26.8. The van der Waals surface area contributed by atoms with Crippen LogP contribution in [0.1, 0.15) is 34.8 Å². The van der Waals surface area contributed by atoms with Gasteiger partial charge in [0.15, 0.2) is 5.11 Å². The summed E-state index contributed by atoms with van der Waals surface area (Å²) in [5.41, 5.74) is 2.78. The van der Waals surface area contributed by atoms with E-state index in [4.69, 9.17) is 21.7 Å². The van der Waals surface area contributed by atoms with E-state index in [-0.39, 0.29) is 24.8 Å². The van der Waals surface area contributed by atoms with Crippen molar-refractivity contribution in [3.63, 3.8) is 0 Å². The van der Waals surface area contributed by atoms with Crippen LogP contribution >= 0.6 is 12.2 Å². The molecule has 1 aliphatic rings. The van der Waals surface area contributed by atoms with Gasteiger partial charge < -0.3 is 19.7 Å². The molecule has 9 heteroatoms. The number of hydrogen-bond donors (Lipinski definition) is 1. The highest BCUT2D eigenvalue weighted by molar-refractivity contribution is 7.80. The SMILES string of the molecule is CCOC(=O)c1ccc(NC(=O)CC2C(=O)N(Cc3ccccc3)C(=S)N2Cc2ccc(OC)cc2)cc1. The van der Waals surface area contributed by atoms with Gasteiger partial charge in [-0.3, -0.25) is 14.5 Å². The number of carbonyl (C=O) groups is 3. The minimum Gasteiger partial charge on any atom is -0.497 e. The summed E-state index contributed by atoms with van der Waals surface area (Å²) in [5, 5.41) is 3.20. The topological polar surface area (TPSA) is 88.2 Å². The minimum atomic E-state index is -0.757. The van der Waals surface area contributed by atoms with Gasteiger partial charge in [0.05, 0.1) is 32.2 Å². The van der Waals surface area contributed by atoms with Gasteiger partial charge in [0.1, 0.15) is 11.8 Å². The maximum Gasteiger partial charge on any atom is 0.338 e. The first-order valence-electron chi connectivity index (χ1n) is 12.3. The van der Waals surface area contributed by atoms with Crippen molar-refractivity contribution < 1.29 is 23.9 Å². The summed E-state index contributed by atoms with van der Waals surface area (Å²) in [6.45, 7) is 2.71. The van der Waals surface area contributed by atoms with Crippen LogP contribution in [0, 0.1) is 0 Å². The highest BCUT2D eigenvalue weighted by atomic mass is 32.1. The van der Waals surface area contributed by atoms with Crippen molar-refractivity contribution in [2.24, 2.45) is 0 Å². The smallest absolute Gasteiger partial charge is 0.338 e. The Morgan fingerprint density at radius 3 is 2.21 bits per heavy atom. The van der Waals surface area contributed by atoms with Gasteiger partial charge in [-0.15, -0.1) is 0 Å². The molecule has 1 heterocycles. The highest BCUT2D eigenvalue weighted by Gasteiger charge is 2.43. The summed E-state index contributed by atoms with van der Waals surface area (Å²) < 4.78 is 10.2. The average Bonchev–Trinajstić information content (AvgIpc) is 3.14. The van der Waals surface area contributed by atoms with Gasteiger partial charge in [-0.05, 0) is 66.7 Å². The van der Waals surface area contributed by atoms with Crippen molar-refractivity contribution in [1.29, 1.82) is 0 Å². The van der Waals surface area contributed by atoms with Crippen LogP contribution in [-0.2, 0) is 27.4 Å². The minimum absolute atomic E-state index is 0.0833. The van der Waals surface area contributed by atoms with Crippen LogP contribution in [0.4, 0.5) is 5.69 Å². The zero-order chi connectivity index (χ0) is 27.1. The standard InChI is InChI=1S/C29H29N3O5S/c1-3-37-28(35)22-11-13-23(14-12-22)30-26(33)17-25-27(34)32(19-20-7-5-4-6-8-20)29(38)31(25)18-21-9-15-24(36-2)16-10-21/h4-16,25H,3,17-19H2,1-2H3,(H,30,33). The Hall–Kier alpha value is -4.24. The molecule has 0 bridgehead atoms. The summed E-state index contributed by atoms with van der Waals surface area (Å²) in [6.07, 6.45) is -0.0833. The number of hydrogen-bond acceptors (Lipinski definition) is 6. The number of anilines is 1. The van der Waals surface area contributed by atoms with Crippen molar-refractivity contribution in [3.05, 3.63) is 95.6 Å². The molecule has 8 nitrogen and oxygen atoms in total. The van der Waals surface area contributed by atoms with Gasteiger partial charge in [-0.2, -0.15) is 0 Å². The number of rotatable bonds is 10. The summed E-state index contributed by atoms with van der Waals surface area (Å²) in [4.78, 5) is 41.8. The molecular weight excluding hydrogens is 502 g/mol. The van der Waals surface area contributed by atoms with E-state index in [2.05, 4.69) is 5.32 Å². The van der Waals surface area contributed by atoms with Crippen molar-refractivity contribution >= 4 is 40.8 Å². The highest BCUT2D eigenvalue weighted by Crippen LogP contribution is 2.26. The Morgan fingerprint density at radius 1 is 0.921 bits per heavy atom. The van der Waals surface area contributed by atoms with Crippen molar-refractivity contribution in [2.45, 2.75) is 32.5 Å². The molecule has 1 aliphatic heterocycles. The number of amides is 2. The number of ether oxygens (including phenoxy) is 2. The summed E-state index contributed by atoms with van der Waals surface area (Å²) in [5.74, 6) is -0.260. The molecule has 0 aliphatic carbocycles. The monoisotopic (exact) mass is 531 g/mol. The average molecular weight is 532 g/mol. The lowest BCUT2D eigenvalue weighted by atomic mass is 10.1. The molecule has 1 saturated heterocycles. The lowest BCUT2D eigenvalue weighted by Crippen LogP contribution is -2.37. The van der Waals surface area contributed by atoms with Crippen molar-refractivity contribution in [1.82, 2.24) is 9.80 Å². The molecule has 1 N–H and O–H groups in total. The molecule has 3 aromatic rings. The van der Waals surface area contributed by atoms with Crippen LogP contribution in [0.5, 0.6) is 5.75 Å². The fourth-order valence-electron chi connectivity index (χ4n) is 4.20. The third-order valence-electron chi connectivity index (χ3n) is 6.16. The summed E-state index contributed by atoms with van der Waals surface area (Å²) in [6, 6.07) is 22.8. The maximum atomic E-state index is 13.5. The lowest BCUT2D eigenvalue weighted by Gasteiger charge is -2.24. The largest absolute Gasteiger partial charge is 0.497 e.